The number of carbonyl (C=O) groups excluding carboxylic acids is 2. The van der Waals surface area contributed by atoms with E-state index in [4.69, 9.17) is 18.9 Å². The van der Waals surface area contributed by atoms with Crippen LogP contribution in [0.2, 0.25) is 0 Å². The molecule has 0 amide bonds. The van der Waals surface area contributed by atoms with Crippen LogP contribution in [0.3, 0.4) is 0 Å². The predicted octanol–water partition coefficient (Wildman–Crippen LogP) is 7.01. The van der Waals surface area contributed by atoms with Gasteiger partial charge in [0.15, 0.2) is 12.2 Å². The minimum atomic E-state index is -1.12. The highest BCUT2D eigenvalue weighted by molar-refractivity contribution is 9.10. The number of esters is 2. The lowest BCUT2D eigenvalue weighted by molar-refractivity contribution is -0.185. The number of carbonyl (C=O) groups is 2. The van der Waals surface area contributed by atoms with Gasteiger partial charge in [-0.25, -0.2) is 4.79 Å². The lowest BCUT2D eigenvalue weighted by atomic mass is 9.86. The number of ether oxygens (including phenoxy) is 4. The first-order valence-electron chi connectivity index (χ1n) is 13.7. The van der Waals surface area contributed by atoms with Crippen molar-refractivity contribution in [3.05, 3.63) is 98.6 Å². The van der Waals surface area contributed by atoms with Crippen molar-refractivity contribution in [2.45, 2.75) is 38.6 Å². The molecule has 1 aromatic heterocycles. The van der Waals surface area contributed by atoms with Gasteiger partial charge in [0.2, 0.25) is 5.43 Å². The molecule has 1 aliphatic heterocycles. The molecule has 0 spiro atoms. The van der Waals surface area contributed by atoms with E-state index in [1.54, 1.807) is 26.0 Å². The van der Waals surface area contributed by atoms with Gasteiger partial charge in [-0.3, -0.25) is 9.59 Å². The normalized spacial score (nSPS) is 17.5. The summed E-state index contributed by atoms with van der Waals surface area (Å²) in [6.07, 6.45) is 0.794. The van der Waals surface area contributed by atoms with Crippen LogP contribution in [0, 0.1) is 0 Å². The summed E-state index contributed by atoms with van der Waals surface area (Å²) in [6.45, 7) is 4.77. The molecule has 2 unspecified atom stereocenters. The van der Waals surface area contributed by atoms with Crippen molar-refractivity contribution >= 4 is 66.5 Å². The third-order valence-electron chi connectivity index (χ3n) is 7.57. The summed E-state index contributed by atoms with van der Waals surface area (Å²) < 4.78 is 24.8. The number of H-pyrrole nitrogens is 1. The number of nitrogens with one attached hydrogen (secondary N) is 1. The van der Waals surface area contributed by atoms with Gasteiger partial charge in [0.1, 0.15) is 17.1 Å². The molecule has 0 fully saturated rings. The smallest absolute Gasteiger partial charge is 0.331 e. The minimum absolute atomic E-state index is 0.258. The molecule has 43 heavy (non-hydrogen) atoms. The van der Waals surface area contributed by atoms with Gasteiger partial charge in [-0.05, 0) is 60.5 Å². The second-order valence-corrected chi connectivity index (χ2v) is 11.8. The molecule has 218 valence electrons. The van der Waals surface area contributed by atoms with Crippen molar-refractivity contribution in [3.63, 3.8) is 0 Å². The number of aromatic amines is 1. The highest BCUT2D eigenvalue weighted by atomic mass is 79.9. The predicted molar refractivity (Wildman–Crippen MR) is 168 cm³/mol. The maximum atomic E-state index is 14.0. The van der Waals surface area contributed by atoms with Crippen LogP contribution in [-0.4, -0.2) is 35.7 Å². The Bertz CT molecular complexity index is 2010. The molecule has 4 aromatic carbocycles. The van der Waals surface area contributed by atoms with E-state index < -0.39 is 29.7 Å². The van der Waals surface area contributed by atoms with E-state index in [1.165, 1.54) is 20.1 Å². The zero-order valence-corrected chi connectivity index (χ0v) is 25.5. The summed E-state index contributed by atoms with van der Waals surface area (Å²) in [6, 6.07) is 20.5. The van der Waals surface area contributed by atoms with Gasteiger partial charge < -0.3 is 23.9 Å². The van der Waals surface area contributed by atoms with Crippen LogP contribution in [0.4, 0.5) is 0 Å². The molecule has 8 nitrogen and oxygen atoms in total. The Labute approximate surface area is 255 Å². The first-order valence-corrected chi connectivity index (χ1v) is 14.4. The van der Waals surface area contributed by atoms with E-state index in [0.29, 0.717) is 33.5 Å². The van der Waals surface area contributed by atoms with Gasteiger partial charge in [-0.15, -0.1) is 0 Å². The molecule has 0 bridgehead atoms. The second kappa shape index (κ2) is 10.9. The number of pyridine rings is 1. The number of fused-ring (bicyclic) bond motifs is 5. The summed E-state index contributed by atoms with van der Waals surface area (Å²) >= 11 is 3.40. The Morgan fingerprint density at radius 2 is 1.70 bits per heavy atom. The summed E-state index contributed by atoms with van der Waals surface area (Å²) in [5.41, 5.74) is 0.759. The summed E-state index contributed by atoms with van der Waals surface area (Å²) in [7, 11) is 1.48. The van der Waals surface area contributed by atoms with Gasteiger partial charge in [-0.2, -0.15) is 0 Å². The number of aromatic nitrogens is 1. The second-order valence-electron chi connectivity index (χ2n) is 10.9. The highest BCUT2D eigenvalue weighted by Gasteiger charge is 2.50. The zero-order valence-electron chi connectivity index (χ0n) is 23.9. The SMILES string of the molecule is COc1cc2c(c3[nH]c4cc5ccccc5cc4c(=O)c13)C(OC(C)=O)C(OC(=O)/C=C/c1ccc(Br)cc1)C(C)(C)O2. The van der Waals surface area contributed by atoms with Crippen LogP contribution < -0.4 is 14.9 Å². The molecule has 6 rings (SSSR count). The Hall–Kier alpha value is -4.63. The fourth-order valence-electron chi connectivity index (χ4n) is 5.60. The molecule has 0 saturated carbocycles. The zero-order chi connectivity index (χ0) is 30.5. The Kier molecular flexibility index (Phi) is 7.22. The Morgan fingerprint density at radius 1 is 1.00 bits per heavy atom. The first-order chi connectivity index (χ1) is 20.6. The van der Waals surface area contributed by atoms with Crippen molar-refractivity contribution in [1.29, 1.82) is 0 Å². The van der Waals surface area contributed by atoms with E-state index >= 15 is 0 Å². The lowest BCUT2D eigenvalue weighted by Gasteiger charge is -2.43. The lowest BCUT2D eigenvalue weighted by Crippen LogP contribution is -2.52. The molecule has 0 radical (unpaired) electrons. The molecule has 1 aliphatic rings. The molecule has 9 heteroatoms. The quantitative estimate of drug-likeness (QED) is 0.125. The minimum Gasteiger partial charge on any atom is -0.496 e. The molecule has 1 N–H and O–H groups in total. The Balaban J connectivity index is 1.53. The third kappa shape index (κ3) is 5.25. The van der Waals surface area contributed by atoms with E-state index in [-0.39, 0.29) is 10.8 Å². The van der Waals surface area contributed by atoms with Crippen LogP contribution >= 0.6 is 15.9 Å². The summed E-state index contributed by atoms with van der Waals surface area (Å²) in [5.74, 6) is -0.587. The van der Waals surface area contributed by atoms with Crippen molar-refractivity contribution in [2.24, 2.45) is 0 Å². The number of methoxy groups -OCH3 is 1. The number of rotatable bonds is 5. The fraction of sp³-hybridized carbons (Fsp3) is 0.206. The van der Waals surface area contributed by atoms with E-state index in [0.717, 1.165) is 20.8 Å². The molecule has 5 aromatic rings. The van der Waals surface area contributed by atoms with Gasteiger partial charge in [0, 0.05) is 28.9 Å². The van der Waals surface area contributed by atoms with Gasteiger partial charge in [0.25, 0.3) is 0 Å². The monoisotopic (exact) mass is 641 g/mol. The maximum Gasteiger partial charge on any atom is 0.331 e. The van der Waals surface area contributed by atoms with Crippen molar-refractivity contribution in [3.8, 4) is 11.5 Å². The molecule has 2 atom stereocenters. The van der Waals surface area contributed by atoms with Crippen LogP contribution in [0.1, 0.15) is 38.0 Å². The average molecular weight is 643 g/mol. The van der Waals surface area contributed by atoms with E-state index in [9.17, 15) is 14.4 Å². The number of halogens is 1. The van der Waals surface area contributed by atoms with Crippen LogP contribution in [0.15, 0.2) is 82.1 Å². The molecule has 2 heterocycles. The van der Waals surface area contributed by atoms with Crippen LogP contribution in [0.25, 0.3) is 38.7 Å². The van der Waals surface area contributed by atoms with Crippen LogP contribution in [-0.2, 0) is 19.1 Å². The van der Waals surface area contributed by atoms with Gasteiger partial charge in [0.05, 0.1) is 29.1 Å². The Morgan fingerprint density at radius 3 is 2.37 bits per heavy atom. The molecule has 0 saturated heterocycles. The summed E-state index contributed by atoms with van der Waals surface area (Å²) in [4.78, 5) is 43.0. The van der Waals surface area contributed by atoms with Crippen molar-refractivity contribution < 1.29 is 28.5 Å². The fourth-order valence-corrected chi connectivity index (χ4v) is 5.86. The van der Waals surface area contributed by atoms with E-state index in [1.807, 2.05) is 60.7 Å². The molecular weight excluding hydrogens is 614 g/mol. The summed E-state index contributed by atoms with van der Waals surface area (Å²) in [5, 5.41) is 2.61. The number of benzene rings is 4. The molecular formula is C34H28BrNO7. The largest absolute Gasteiger partial charge is 0.496 e. The number of hydrogen-bond donors (Lipinski definition) is 1. The van der Waals surface area contributed by atoms with Gasteiger partial charge in [-0.1, -0.05) is 52.3 Å². The molecule has 0 aliphatic carbocycles. The van der Waals surface area contributed by atoms with Crippen molar-refractivity contribution in [1.82, 2.24) is 4.98 Å². The number of hydrogen-bond acceptors (Lipinski definition) is 7. The van der Waals surface area contributed by atoms with Gasteiger partial charge >= 0.3 is 11.9 Å². The average Bonchev–Trinajstić information content (AvgIpc) is 2.96. The van der Waals surface area contributed by atoms with E-state index in [2.05, 4.69) is 20.9 Å². The highest BCUT2D eigenvalue weighted by Crippen LogP contribution is 2.48. The topological polar surface area (TPSA) is 104 Å². The van der Waals surface area contributed by atoms with Crippen molar-refractivity contribution in [2.75, 3.05) is 7.11 Å². The maximum absolute atomic E-state index is 14.0. The first kappa shape index (κ1) is 28.5. The third-order valence-corrected chi connectivity index (χ3v) is 8.09. The van der Waals surface area contributed by atoms with Crippen LogP contribution in [0.5, 0.6) is 11.5 Å². The standard InChI is InChI=1S/C34H28BrNO7/c1-18(37)41-32-29-26(43-34(2,3)33(32)42-27(38)14-11-19-9-12-22(35)13-10-19)17-25(40-4)28-30(29)36-24-16-21-8-6-5-7-20(21)15-23(24)31(28)39/h5-17,32-33H,1-4H3,(H,36,39)/b14-11+.